The number of carboxylic acid groups (broad SMARTS) is 1. The Labute approximate surface area is 105 Å². The van der Waals surface area contributed by atoms with Crippen molar-refractivity contribution in [3.8, 4) is 0 Å². The van der Waals surface area contributed by atoms with Crippen LogP contribution in [-0.2, 0) is 9.59 Å². The molecule has 0 aliphatic heterocycles. The third-order valence-electron chi connectivity index (χ3n) is 2.55. The molecular weight excluding hydrogens is 234 g/mol. The minimum Gasteiger partial charge on any atom is -0.481 e. The lowest BCUT2D eigenvalue weighted by Gasteiger charge is -2.17. The van der Waals surface area contributed by atoms with E-state index in [4.69, 9.17) is 10.8 Å². The molecule has 0 fully saturated rings. The van der Waals surface area contributed by atoms with E-state index in [1.807, 2.05) is 13.0 Å². The molecule has 0 spiro atoms. The summed E-state index contributed by atoms with van der Waals surface area (Å²) in [5.41, 5.74) is 6.47. The maximum absolute atomic E-state index is 11.7. The maximum Gasteiger partial charge on any atom is 0.303 e. The molecule has 2 atom stereocenters. The first-order valence-electron chi connectivity index (χ1n) is 5.68. The fraction of sp³-hybridized carbons (Fsp3) is 0.417. The Hall–Kier alpha value is -1.95. The van der Waals surface area contributed by atoms with Crippen molar-refractivity contribution in [2.24, 2.45) is 5.73 Å². The average molecular weight is 251 g/mol. The summed E-state index contributed by atoms with van der Waals surface area (Å²) in [5.74, 6) is -1.31. The Morgan fingerprint density at radius 2 is 2.28 bits per heavy atom. The summed E-state index contributed by atoms with van der Waals surface area (Å²) in [6.45, 7) is 1.82. The minimum absolute atomic E-state index is 0.115. The second-order valence-corrected chi connectivity index (χ2v) is 4.06. The van der Waals surface area contributed by atoms with Gasteiger partial charge in [0, 0.05) is 18.8 Å². The van der Waals surface area contributed by atoms with Gasteiger partial charge >= 0.3 is 5.97 Å². The normalized spacial score (nSPS) is 13.7. The number of carboxylic acids is 1. The number of nitrogens with zero attached hydrogens (tertiary/aromatic N) is 1. The first kappa shape index (κ1) is 14.1. The third-order valence-corrected chi connectivity index (χ3v) is 2.55. The van der Waals surface area contributed by atoms with Crippen LogP contribution in [0.4, 0.5) is 0 Å². The molecule has 1 aromatic rings. The minimum atomic E-state index is -0.960. The zero-order valence-corrected chi connectivity index (χ0v) is 10.2. The maximum atomic E-state index is 11.7. The van der Waals surface area contributed by atoms with Gasteiger partial charge in [0.25, 0.3) is 0 Å². The molecule has 1 amide bonds. The molecule has 1 heterocycles. The van der Waals surface area contributed by atoms with E-state index < -0.39 is 12.0 Å². The number of aromatic nitrogens is 1. The number of rotatable bonds is 6. The number of carbonyl (C=O) groups is 2. The highest BCUT2D eigenvalue weighted by molar-refractivity contribution is 5.82. The Balaban J connectivity index is 2.46. The summed E-state index contributed by atoms with van der Waals surface area (Å²) in [5, 5.41) is 11.2. The van der Waals surface area contributed by atoms with Gasteiger partial charge in [-0.05, 0) is 25.0 Å². The van der Waals surface area contributed by atoms with E-state index >= 15 is 0 Å². The molecule has 6 heteroatoms. The molecule has 0 aromatic carbocycles. The van der Waals surface area contributed by atoms with Crippen molar-refractivity contribution in [2.45, 2.75) is 31.8 Å². The van der Waals surface area contributed by atoms with Gasteiger partial charge in [-0.25, -0.2) is 0 Å². The van der Waals surface area contributed by atoms with Crippen LogP contribution in [0.1, 0.15) is 31.4 Å². The van der Waals surface area contributed by atoms with Gasteiger partial charge in [0.05, 0.1) is 12.1 Å². The fourth-order valence-corrected chi connectivity index (χ4v) is 1.45. The van der Waals surface area contributed by atoms with Gasteiger partial charge in [0.15, 0.2) is 0 Å². The summed E-state index contributed by atoms with van der Waals surface area (Å²) in [7, 11) is 0. The zero-order valence-electron chi connectivity index (χ0n) is 10.2. The molecule has 18 heavy (non-hydrogen) atoms. The summed E-state index contributed by atoms with van der Waals surface area (Å²) in [6.07, 6.45) is 3.32. The molecule has 6 nitrogen and oxygen atoms in total. The van der Waals surface area contributed by atoms with Crippen LogP contribution in [0, 0.1) is 0 Å². The molecule has 0 saturated carbocycles. The zero-order chi connectivity index (χ0) is 13.5. The van der Waals surface area contributed by atoms with E-state index in [1.165, 1.54) is 0 Å². The van der Waals surface area contributed by atoms with Crippen molar-refractivity contribution in [2.75, 3.05) is 0 Å². The van der Waals surface area contributed by atoms with Gasteiger partial charge < -0.3 is 16.2 Å². The number of aliphatic carboxylic acids is 1. The first-order valence-corrected chi connectivity index (χ1v) is 5.68. The highest BCUT2D eigenvalue weighted by atomic mass is 16.4. The van der Waals surface area contributed by atoms with E-state index in [0.717, 1.165) is 5.56 Å². The van der Waals surface area contributed by atoms with E-state index in [9.17, 15) is 9.59 Å². The molecular formula is C12H17N3O3. The standard InChI is InChI=1S/C12H17N3O3/c1-8(9-3-2-6-14-7-9)15-12(18)10(13)4-5-11(16)17/h2-3,6-8,10H,4-5,13H2,1H3,(H,15,18)(H,16,17)/t8-,10?/m0/s1. The number of pyridine rings is 1. The number of amides is 1. The van der Waals surface area contributed by atoms with Gasteiger partial charge in [0.2, 0.25) is 5.91 Å². The third kappa shape index (κ3) is 4.50. The largest absolute Gasteiger partial charge is 0.481 e. The van der Waals surface area contributed by atoms with Gasteiger partial charge in [-0.2, -0.15) is 0 Å². The van der Waals surface area contributed by atoms with Crippen molar-refractivity contribution in [3.63, 3.8) is 0 Å². The highest BCUT2D eigenvalue weighted by Gasteiger charge is 2.17. The van der Waals surface area contributed by atoms with Crippen molar-refractivity contribution in [1.82, 2.24) is 10.3 Å². The molecule has 98 valence electrons. The van der Waals surface area contributed by atoms with Crippen molar-refractivity contribution >= 4 is 11.9 Å². The quantitative estimate of drug-likeness (QED) is 0.680. The number of hydrogen-bond acceptors (Lipinski definition) is 4. The molecule has 0 aliphatic carbocycles. The lowest BCUT2D eigenvalue weighted by molar-refractivity contribution is -0.137. The predicted molar refractivity (Wildman–Crippen MR) is 65.6 cm³/mol. The SMILES string of the molecule is C[C@H](NC(=O)C(N)CCC(=O)O)c1cccnc1. The molecule has 1 rings (SSSR count). The summed E-state index contributed by atoms with van der Waals surface area (Å²) < 4.78 is 0. The monoisotopic (exact) mass is 251 g/mol. The number of nitrogens with one attached hydrogen (secondary N) is 1. The Bertz CT molecular complexity index is 408. The van der Waals surface area contributed by atoms with Crippen LogP contribution in [0.3, 0.4) is 0 Å². The number of nitrogens with two attached hydrogens (primary N) is 1. The van der Waals surface area contributed by atoms with Crippen LogP contribution in [-0.4, -0.2) is 28.0 Å². The lowest BCUT2D eigenvalue weighted by atomic mass is 10.1. The lowest BCUT2D eigenvalue weighted by Crippen LogP contribution is -2.41. The molecule has 0 radical (unpaired) electrons. The van der Waals surface area contributed by atoms with Gasteiger partial charge in [-0.3, -0.25) is 14.6 Å². The highest BCUT2D eigenvalue weighted by Crippen LogP contribution is 2.10. The van der Waals surface area contributed by atoms with Crippen LogP contribution in [0.25, 0.3) is 0 Å². The molecule has 1 aromatic heterocycles. The van der Waals surface area contributed by atoms with Gasteiger partial charge in [-0.1, -0.05) is 6.07 Å². The second-order valence-electron chi connectivity index (χ2n) is 4.06. The van der Waals surface area contributed by atoms with Crippen LogP contribution in [0.2, 0.25) is 0 Å². The summed E-state index contributed by atoms with van der Waals surface area (Å²) in [4.78, 5) is 26.0. The summed E-state index contributed by atoms with van der Waals surface area (Å²) >= 11 is 0. The fourth-order valence-electron chi connectivity index (χ4n) is 1.45. The smallest absolute Gasteiger partial charge is 0.303 e. The van der Waals surface area contributed by atoms with Crippen molar-refractivity contribution in [3.05, 3.63) is 30.1 Å². The molecule has 0 bridgehead atoms. The van der Waals surface area contributed by atoms with E-state index in [2.05, 4.69) is 10.3 Å². The topological polar surface area (TPSA) is 105 Å². The first-order chi connectivity index (χ1) is 8.50. The molecule has 4 N–H and O–H groups in total. The summed E-state index contributed by atoms with van der Waals surface area (Å²) in [6, 6.07) is 2.62. The number of carbonyl (C=O) groups excluding carboxylic acids is 1. The van der Waals surface area contributed by atoms with Crippen LogP contribution < -0.4 is 11.1 Å². The van der Waals surface area contributed by atoms with E-state index in [-0.39, 0.29) is 24.8 Å². The molecule has 0 saturated heterocycles. The number of hydrogen-bond donors (Lipinski definition) is 3. The van der Waals surface area contributed by atoms with E-state index in [0.29, 0.717) is 0 Å². The Morgan fingerprint density at radius 1 is 1.56 bits per heavy atom. The Kier molecular flexibility index (Phi) is 5.26. The second kappa shape index (κ2) is 6.70. The van der Waals surface area contributed by atoms with Crippen LogP contribution in [0.15, 0.2) is 24.5 Å². The Morgan fingerprint density at radius 3 is 2.83 bits per heavy atom. The molecule has 0 aliphatic rings. The molecule has 1 unspecified atom stereocenters. The average Bonchev–Trinajstić information content (AvgIpc) is 2.36. The van der Waals surface area contributed by atoms with Gasteiger partial charge in [0.1, 0.15) is 0 Å². The van der Waals surface area contributed by atoms with Crippen molar-refractivity contribution in [1.29, 1.82) is 0 Å². The van der Waals surface area contributed by atoms with Crippen LogP contribution in [0.5, 0.6) is 0 Å². The van der Waals surface area contributed by atoms with Crippen molar-refractivity contribution < 1.29 is 14.7 Å². The predicted octanol–water partition coefficient (Wildman–Crippen LogP) is 0.451. The van der Waals surface area contributed by atoms with E-state index in [1.54, 1.807) is 18.5 Å². The van der Waals surface area contributed by atoms with Gasteiger partial charge in [-0.15, -0.1) is 0 Å². The van der Waals surface area contributed by atoms with Crippen LogP contribution >= 0.6 is 0 Å².